The number of aromatic nitrogens is 3. The van der Waals surface area contributed by atoms with Crippen molar-refractivity contribution in [2.45, 2.75) is 0 Å². The molecule has 0 saturated carbocycles. The fourth-order valence-electron chi connectivity index (χ4n) is 3.12. The Labute approximate surface area is 163 Å². The molecule has 3 aromatic rings. The lowest BCUT2D eigenvalue weighted by atomic mass is 10.1. The Bertz CT molecular complexity index is 911. The van der Waals surface area contributed by atoms with E-state index in [1.54, 1.807) is 5.51 Å². The van der Waals surface area contributed by atoms with E-state index in [4.69, 9.17) is 0 Å². The highest BCUT2D eigenvalue weighted by atomic mass is 79.9. The van der Waals surface area contributed by atoms with Crippen molar-refractivity contribution in [1.29, 1.82) is 0 Å². The number of carbonyl (C=O) groups is 1. The van der Waals surface area contributed by atoms with Gasteiger partial charge in [-0.1, -0.05) is 27.3 Å². The van der Waals surface area contributed by atoms with Crippen LogP contribution in [-0.4, -0.2) is 58.7 Å². The number of nitrogens with one attached hydrogen (secondary N) is 1. The molecular weight excluding hydrogens is 416 g/mol. The lowest BCUT2D eigenvalue weighted by Gasteiger charge is -2.36. The maximum Gasteiger partial charge on any atom is 0.240 e. The predicted octanol–water partition coefficient (Wildman–Crippen LogP) is 2.61. The van der Waals surface area contributed by atoms with Crippen molar-refractivity contribution >= 4 is 54.9 Å². The molecule has 9 heteroatoms. The first-order valence-corrected chi connectivity index (χ1v) is 9.94. The number of rotatable bonds is 4. The molecule has 0 atom stereocenters. The summed E-state index contributed by atoms with van der Waals surface area (Å²) < 4.78 is 1.05. The first-order chi connectivity index (χ1) is 12.7. The van der Waals surface area contributed by atoms with Crippen molar-refractivity contribution in [3.63, 3.8) is 0 Å². The quantitative estimate of drug-likeness (QED) is 0.682. The number of halogens is 1. The van der Waals surface area contributed by atoms with Gasteiger partial charge in [-0.05, 0) is 24.3 Å². The van der Waals surface area contributed by atoms with Gasteiger partial charge in [-0.25, -0.2) is 0 Å². The minimum Gasteiger partial charge on any atom is -0.368 e. The maximum atomic E-state index is 12.1. The Morgan fingerprint density at radius 3 is 2.85 bits per heavy atom. The van der Waals surface area contributed by atoms with Gasteiger partial charge in [-0.2, -0.15) is 0 Å². The van der Waals surface area contributed by atoms with Crippen LogP contribution >= 0.6 is 27.3 Å². The molecule has 1 saturated heterocycles. The molecule has 134 valence electrons. The van der Waals surface area contributed by atoms with Crippen LogP contribution in [0.25, 0.3) is 10.9 Å². The Balaban J connectivity index is 1.39. The number of hydrogen-bond donors (Lipinski definition) is 1. The standard InChI is InChI=1S/C17H17BrN6OS/c18-12-1-2-14-13(9-12)15(3-4-19-14)24-7-5-23(6-8-24)10-16(25)21-17-22-20-11-26-17/h1-4,9,11H,5-8,10H2,(H,21,22,25). The Morgan fingerprint density at radius 1 is 1.23 bits per heavy atom. The van der Waals surface area contributed by atoms with Gasteiger partial charge in [0.05, 0.1) is 12.1 Å². The number of carbonyl (C=O) groups excluding carboxylic acids is 1. The first kappa shape index (κ1) is 17.3. The summed E-state index contributed by atoms with van der Waals surface area (Å²) >= 11 is 4.87. The Hall–Kier alpha value is -2.10. The summed E-state index contributed by atoms with van der Waals surface area (Å²) in [6.45, 7) is 3.79. The molecule has 0 radical (unpaired) electrons. The summed E-state index contributed by atoms with van der Waals surface area (Å²) in [4.78, 5) is 21.1. The lowest BCUT2D eigenvalue weighted by Crippen LogP contribution is -2.48. The van der Waals surface area contributed by atoms with Crippen molar-refractivity contribution in [3.8, 4) is 0 Å². The van der Waals surface area contributed by atoms with Gasteiger partial charge in [0.1, 0.15) is 5.51 Å². The van der Waals surface area contributed by atoms with E-state index in [1.165, 1.54) is 17.0 Å². The zero-order chi connectivity index (χ0) is 17.9. The average Bonchev–Trinajstić information content (AvgIpc) is 3.15. The van der Waals surface area contributed by atoms with Gasteiger partial charge in [-0.15, -0.1) is 10.2 Å². The van der Waals surface area contributed by atoms with Crippen LogP contribution in [0.2, 0.25) is 0 Å². The zero-order valence-corrected chi connectivity index (χ0v) is 16.3. The normalized spacial score (nSPS) is 15.3. The summed E-state index contributed by atoms with van der Waals surface area (Å²) in [6, 6.07) is 8.21. The number of piperazine rings is 1. The summed E-state index contributed by atoms with van der Waals surface area (Å²) in [6.07, 6.45) is 1.85. The summed E-state index contributed by atoms with van der Waals surface area (Å²) in [5, 5.41) is 12.0. The summed E-state index contributed by atoms with van der Waals surface area (Å²) in [5.41, 5.74) is 3.78. The third kappa shape index (κ3) is 3.84. The Kier molecular flexibility index (Phi) is 5.09. The molecule has 1 aliphatic heterocycles. The molecular formula is C17H17BrN6OS. The number of nitrogens with zero attached hydrogens (tertiary/aromatic N) is 5. The average molecular weight is 433 g/mol. The van der Waals surface area contributed by atoms with E-state index in [1.807, 2.05) is 18.3 Å². The predicted molar refractivity (Wildman–Crippen MR) is 107 cm³/mol. The van der Waals surface area contributed by atoms with Crippen LogP contribution in [0.5, 0.6) is 0 Å². The van der Waals surface area contributed by atoms with Gasteiger partial charge >= 0.3 is 0 Å². The highest BCUT2D eigenvalue weighted by molar-refractivity contribution is 9.10. The van der Waals surface area contributed by atoms with E-state index in [-0.39, 0.29) is 5.91 Å². The third-order valence-corrected chi connectivity index (χ3v) is 5.47. The van der Waals surface area contributed by atoms with Crippen LogP contribution in [0.3, 0.4) is 0 Å². The molecule has 26 heavy (non-hydrogen) atoms. The number of anilines is 2. The second-order valence-electron chi connectivity index (χ2n) is 6.05. The highest BCUT2D eigenvalue weighted by Gasteiger charge is 2.21. The molecule has 0 unspecified atom stereocenters. The minimum absolute atomic E-state index is 0.0477. The second kappa shape index (κ2) is 7.65. The fraction of sp³-hybridized carbons (Fsp3) is 0.294. The summed E-state index contributed by atoms with van der Waals surface area (Å²) in [7, 11) is 0. The van der Waals surface area contributed by atoms with Crippen molar-refractivity contribution in [2.24, 2.45) is 0 Å². The summed E-state index contributed by atoms with van der Waals surface area (Å²) in [5.74, 6) is -0.0477. The molecule has 1 aromatic carbocycles. The smallest absolute Gasteiger partial charge is 0.240 e. The molecule has 1 amide bonds. The number of benzene rings is 1. The zero-order valence-electron chi connectivity index (χ0n) is 13.9. The molecule has 1 fully saturated rings. The van der Waals surface area contributed by atoms with E-state index in [2.05, 4.69) is 58.4 Å². The molecule has 0 aliphatic carbocycles. The molecule has 0 spiro atoms. The minimum atomic E-state index is -0.0477. The van der Waals surface area contributed by atoms with E-state index in [9.17, 15) is 4.79 Å². The second-order valence-corrected chi connectivity index (χ2v) is 7.80. The van der Waals surface area contributed by atoms with Crippen LogP contribution in [0.1, 0.15) is 0 Å². The highest BCUT2D eigenvalue weighted by Crippen LogP contribution is 2.28. The number of amides is 1. The van der Waals surface area contributed by atoms with Crippen molar-refractivity contribution in [2.75, 3.05) is 42.9 Å². The topological polar surface area (TPSA) is 74.2 Å². The van der Waals surface area contributed by atoms with Gasteiger partial charge in [-0.3, -0.25) is 20.0 Å². The van der Waals surface area contributed by atoms with Gasteiger partial charge < -0.3 is 4.90 Å². The van der Waals surface area contributed by atoms with E-state index in [0.717, 1.165) is 41.6 Å². The van der Waals surface area contributed by atoms with Gasteiger partial charge in [0.15, 0.2) is 0 Å². The van der Waals surface area contributed by atoms with Crippen LogP contribution < -0.4 is 10.2 Å². The maximum absolute atomic E-state index is 12.1. The fourth-order valence-corrected chi connectivity index (χ4v) is 3.94. The molecule has 2 aromatic heterocycles. The molecule has 7 nitrogen and oxygen atoms in total. The molecule has 1 aliphatic rings. The molecule has 0 bridgehead atoms. The molecule has 4 rings (SSSR count). The van der Waals surface area contributed by atoms with E-state index < -0.39 is 0 Å². The van der Waals surface area contributed by atoms with Crippen LogP contribution in [0.4, 0.5) is 10.8 Å². The molecule has 1 N–H and O–H groups in total. The first-order valence-electron chi connectivity index (χ1n) is 8.26. The number of hydrogen-bond acceptors (Lipinski definition) is 7. The van der Waals surface area contributed by atoms with Crippen LogP contribution in [0, 0.1) is 0 Å². The molecule has 3 heterocycles. The lowest BCUT2D eigenvalue weighted by molar-refractivity contribution is -0.117. The van der Waals surface area contributed by atoms with Crippen LogP contribution in [-0.2, 0) is 4.79 Å². The van der Waals surface area contributed by atoms with Gasteiger partial charge in [0.2, 0.25) is 11.0 Å². The van der Waals surface area contributed by atoms with Crippen LogP contribution in [0.15, 0.2) is 40.4 Å². The van der Waals surface area contributed by atoms with Crippen molar-refractivity contribution in [3.05, 3.63) is 40.4 Å². The third-order valence-electron chi connectivity index (χ3n) is 4.37. The monoisotopic (exact) mass is 432 g/mol. The number of pyridine rings is 1. The van der Waals surface area contributed by atoms with Gasteiger partial charge in [0, 0.05) is 47.9 Å². The SMILES string of the molecule is O=C(CN1CCN(c2ccnc3ccc(Br)cc23)CC1)Nc1nncs1. The van der Waals surface area contributed by atoms with Crippen molar-refractivity contribution in [1.82, 2.24) is 20.1 Å². The largest absolute Gasteiger partial charge is 0.368 e. The number of fused-ring (bicyclic) bond motifs is 1. The van der Waals surface area contributed by atoms with Gasteiger partial charge in [0.25, 0.3) is 0 Å². The Morgan fingerprint density at radius 2 is 2.08 bits per heavy atom. The van der Waals surface area contributed by atoms with Crippen molar-refractivity contribution < 1.29 is 4.79 Å². The van der Waals surface area contributed by atoms with E-state index >= 15 is 0 Å². The van der Waals surface area contributed by atoms with E-state index in [0.29, 0.717) is 11.7 Å².